The van der Waals surface area contributed by atoms with Gasteiger partial charge in [0.05, 0.1) is 25.9 Å². The molecule has 0 aromatic carbocycles. The Bertz CT molecular complexity index is 1100. The third kappa shape index (κ3) is 36.6. The maximum atomic E-state index is 12.6. The van der Waals surface area contributed by atoms with Gasteiger partial charge >= 0.3 is 19.8 Å². The number of phosphoric acid groups is 1. The number of carbonyl (C=O) groups is 2. The predicted molar refractivity (Wildman–Crippen MR) is 216 cm³/mol. The zero-order valence-corrected chi connectivity index (χ0v) is 34.2. The molecule has 0 aromatic rings. The first kappa shape index (κ1) is 51.6. The van der Waals surface area contributed by atoms with Crippen LogP contribution < -0.4 is 0 Å². The van der Waals surface area contributed by atoms with Crippen LogP contribution in [0.2, 0.25) is 0 Å². The van der Waals surface area contributed by atoms with E-state index in [2.05, 4.69) is 54.8 Å². The van der Waals surface area contributed by atoms with Crippen LogP contribution in [0.1, 0.15) is 149 Å². The topological polar surface area (TPSA) is 169 Å². The number of carbonyl (C=O) groups excluding carboxylic acids is 2. The van der Waals surface area contributed by atoms with Gasteiger partial charge in [-0.3, -0.25) is 18.6 Å². The van der Waals surface area contributed by atoms with E-state index in [4.69, 9.17) is 19.1 Å². The fourth-order valence-electron chi connectivity index (χ4n) is 5.14. The zero-order chi connectivity index (χ0) is 40.0. The number of hydrogen-bond acceptors (Lipinski definition) is 10. The normalized spacial score (nSPS) is 15.1. The van der Waals surface area contributed by atoms with E-state index in [1.54, 1.807) is 12.2 Å². The third-order valence-corrected chi connectivity index (χ3v) is 9.24. The molecule has 0 spiro atoms. The van der Waals surface area contributed by atoms with Gasteiger partial charge in [0.2, 0.25) is 0 Å². The summed E-state index contributed by atoms with van der Waals surface area (Å²) in [5, 5.41) is 28.6. The summed E-state index contributed by atoms with van der Waals surface area (Å²) in [5.41, 5.74) is 0. The molecule has 0 aromatic heterocycles. The van der Waals surface area contributed by atoms with E-state index in [1.165, 1.54) is 57.8 Å². The number of phosphoric ester groups is 1. The average molecular weight is 785 g/mol. The van der Waals surface area contributed by atoms with Crippen LogP contribution in [0, 0.1) is 0 Å². The molecule has 312 valence electrons. The van der Waals surface area contributed by atoms with Crippen LogP contribution in [0.3, 0.4) is 0 Å². The van der Waals surface area contributed by atoms with Gasteiger partial charge in [-0.25, -0.2) is 4.57 Å². The number of ether oxygens (including phenoxy) is 2. The van der Waals surface area contributed by atoms with Gasteiger partial charge in [-0.15, -0.1) is 0 Å². The smallest absolute Gasteiger partial charge is 0.462 e. The summed E-state index contributed by atoms with van der Waals surface area (Å²) < 4.78 is 32.5. The minimum absolute atomic E-state index is 0.0474. The van der Waals surface area contributed by atoms with Gasteiger partial charge in [0, 0.05) is 12.8 Å². The summed E-state index contributed by atoms with van der Waals surface area (Å²) in [6.45, 7) is 2.02. The molecule has 0 fully saturated rings. The van der Waals surface area contributed by atoms with Crippen molar-refractivity contribution >= 4 is 19.8 Å². The van der Waals surface area contributed by atoms with Crippen molar-refractivity contribution in [1.82, 2.24) is 0 Å². The van der Waals surface area contributed by atoms with Crippen LogP contribution in [-0.2, 0) is 32.7 Å². The van der Waals surface area contributed by atoms with E-state index in [1.807, 2.05) is 12.2 Å². The number of unbranched alkanes of at least 4 members (excludes halogenated alkanes) is 12. The van der Waals surface area contributed by atoms with Gasteiger partial charge in [0.15, 0.2) is 6.10 Å². The summed E-state index contributed by atoms with van der Waals surface area (Å²) in [6.07, 6.45) is 36.5. The first-order chi connectivity index (χ1) is 26.1. The molecule has 54 heavy (non-hydrogen) atoms. The molecule has 0 rings (SSSR count). The second-order valence-corrected chi connectivity index (χ2v) is 14.9. The Morgan fingerprint density at radius 1 is 0.630 bits per heavy atom. The van der Waals surface area contributed by atoms with Crippen molar-refractivity contribution in [2.45, 2.75) is 167 Å². The Kier molecular flexibility index (Phi) is 35.9. The molecule has 0 saturated heterocycles. The van der Waals surface area contributed by atoms with Gasteiger partial charge < -0.3 is 29.7 Å². The van der Waals surface area contributed by atoms with Gasteiger partial charge in [0.25, 0.3) is 0 Å². The lowest BCUT2D eigenvalue weighted by Crippen LogP contribution is -2.30. The second-order valence-electron chi connectivity index (χ2n) is 13.5. The molecule has 0 amide bonds. The predicted octanol–water partition coefficient (Wildman–Crippen LogP) is 9.30. The highest BCUT2D eigenvalue weighted by Crippen LogP contribution is 2.43. The minimum Gasteiger partial charge on any atom is -0.462 e. The van der Waals surface area contributed by atoms with Crippen molar-refractivity contribution in [3.63, 3.8) is 0 Å². The lowest BCUT2D eigenvalue weighted by atomic mass is 10.0. The summed E-state index contributed by atoms with van der Waals surface area (Å²) >= 11 is 0. The fraction of sp³-hybridized carbons (Fsp3) is 0.714. The zero-order valence-electron chi connectivity index (χ0n) is 33.3. The van der Waals surface area contributed by atoms with E-state index in [0.717, 1.165) is 44.9 Å². The Balaban J connectivity index is 4.56. The van der Waals surface area contributed by atoms with E-state index in [0.29, 0.717) is 19.3 Å². The quantitative estimate of drug-likeness (QED) is 0.0156. The second kappa shape index (κ2) is 37.5. The Labute approximate surface area is 326 Å². The molecule has 0 aliphatic heterocycles. The first-order valence-electron chi connectivity index (χ1n) is 20.4. The third-order valence-electron chi connectivity index (χ3n) is 8.29. The van der Waals surface area contributed by atoms with Gasteiger partial charge in [-0.05, 0) is 44.9 Å². The molecule has 0 heterocycles. The lowest BCUT2D eigenvalue weighted by molar-refractivity contribution is -0.161. The Hall–Kier alpha value is -2.37. The number of allylic oxidation sites excluding steroid dienone is 9. The van der Waals surface area contributed by atoms with Gasteiger partial charge in [-0.2, -0.15) is 0 Å². The highest BCUT2D eigenvalue weighted by Gasteiger charge is 2.27. The maximum Gasteiger partial charge on any atom is 0.472 e. The molecule has 0 saturated carbocycles. The van der Waals surface area contributed by atoms with E-state index in [9.17, 15) is 29.3 Å². The van der Waals surface area contributed by atoms with Crippen molar-refractivity contribution in [1.29, 1.82) is 0 Å². The molecule has 2 unspecified atom stereocenters. The van der Waals surface area contributed by atoms with Crippen molar-refractivity contribution in [3.8, 4) is 0 Å². The van der Waals surface area contributed by atoms with Crippen LogP contribution in [0.25, 0.3) is 0 Å². The van der Waals surface area contributed by atoms with E-state index >= 15 is 0 Å². The standard InChI is InChI=1S/C42H73O11P/c1-3-5-7-9-11-13-15-17-19-21-23-25-27-30-38(44)31-29-33-42(47)53-40(37-52-54(48,49)51-35-39(45)34-43)36-50-41(46)32-28-26-24-22-20-18-16-14-12-10-8-6-4-2/h5,7,11,13,17,19,23,25,27,30,38-40,43-45H,3-4,6,8-10,12,14-16,18,20-22,24,26,28-29,31-37H2,1-2H3,(H,48,49)/b7-5-,13-11-,19-17-,25-23-,30-27+/t38?,39-,40+/m0/s1. The number of aliphatic hydroxyl groups excluding tert-OH is 3. The molecule has 12 heteroatoms. The number of esters is 2. The van der Waals surface area contributed by atoms with Crippen LogP contribution in [0.15, 0.2) is 60.8 Å². The van der Waals surface area contributed by atoms with Crippen LogP contribution in [0.5, 0.6) is 0 Å². The van der Waals surface area contributed by atoms with E-state index < -0.39 is 57.9 Å². The summed E-state index contributed by atoms with van der Waals surface area (Å²) in [5.74, 6) is -1.13. The minimum atomic E-state index is -4.67. The molecule has 4 N–H and O–H groups in total. The summed E-state index contributed by atoms with van der Waals surface area (Å²) in [6, 6.07) is 0. The molecular formula is C42H73O11P. The highest BCUT2D eigenvalue weighted by molar-refractivity contribution is 7.47. The van der Waals surface area contributed by atoms with Crippen LogP contribution >= 0.6 is 7.82 Å². The Morgan fingerprint density at radius 2 is 1.15 bits per heavy atom. The maximum absolute atomic E-state index is 12.6. The monoisotopic (exact) mass is 784 g/mol. The number of aliphatic hydroxyl groups is 3. The average Bonchev–Trinajstić information content (AvgIpc) is 3.15. The van der Waals surface area contributed by atoms with Gasteiger partial charge in [-0.1, -0.05) is 152 Å². The molecule has 4 atom stereocenters. The Morgan fingerprint density at radius 3 is 1.72 bits per heavy atom. The van der Waals surface area contributed by atoms with Crippen molar-refractivity contribution < 1.29 is 52.9 Å². The lowest BCUT2D eigenvalue weighted by Gasteiger charge is -2.20. The first-order valence-corrected chi connectivity index (χ1v) is 21.8. The largest absolute Gasteiger partial charge is 0.472 e. The van der Waals surface area contributed by atoms with Crippen molar-refractivity contribution in [2.24, 2.45) is 0 Å². The number of hydrogen-bond donors (Lipinski definition) is 4. The van der Waals surface area contributed by atoms with Crippen molar-refractivity contribution in [3.05, 3.63) is 60.8 Å². The fourth-order valence-corrected chi connectivity index (χ4v) is 5.93. The summed E-state index contributed by atoms with van der Waals surface area (Å²) in [7, 11) is -4.67. The molecule has 0 radical (unpaired) electrons. The molecule has 0 aliphatic carbocycles. The van der Waals surface area contributed by atoms with Crippen molar-refractivity contribution in [2.75, 3.05) is 26.4 Å². The number of rotatable bonds is 37. The van der Waals surface area contributed by atoms with Gasteiger partial charge in [0.1, 0.15) is 12.7 Å². The van der Waals surface area contributed by atoms with Crippen LogP contribution in [0.4, 0.5) is 0 Å². The van der Waals surface area contributed by atoms with Crippen LogP contribution in [-0.4, -0.2) is 76.9 Å². The molecule has 11 nitrogen and oxygen atoms in total. The van der Waals surface area contributed by atoms with E-state index in [-0.39, 0.29) is 19.4 Å². The molecular weight excluding hydrogens is 711 g/mol. The summed E-state index contributed by atoms with van der Waals surface area (Å²) in [4.78, 5) is 34.9. The SMILES string of the molecule is CC/C=C\C/C=C\C/C=C\C/C=C\C=C\C(O)CCCC(=O)O[C@H](COC(=O)CCCCCCCCCCCCCCC)COP(=O)(O)OC[C@@H](O)CO. The molecule has 0 bridgehead atoms. The highest BCUT2D eigenvalue weighted by atomic mass is 31.2. The molecule has 0 aliphatic rings.